The van der Waals surface area contributed by atoms with Crippen molar-refractivity contribution in [2.45, 2.75) is 30.9 Å². The molecule has 0 bridgehead atoms. The third-order valence-electron chi connectivity index (χ3n) is 4.19. The monoisotopic (exact) mass is 356 g/mol. The van der Waals surface area contributed by atoms with Gasteiger partial charge in [0.25, 0.3) is 0 Å². The minimum absolute atomic E-state index is 0.0477. The molecule has 0 spiro atoms. The lowest BCUT2D eigenvalue weighted by atomic mass is 9.75. The van der Waals surface area contributed by atoms with Gasteiger partial charge in [0.2, 0.25) is 5.91 Å². The van der Waals surface area contributed by atoms with Gasteiger partial charge in [-0.1, -0.05) is 42.1 Å². The highest BCUT2D eigenvalue weighted by Gasteiger charge is 2.35. The van der Waals surface area contributed by atoms with Gasteiger partial charge >= 0.3 is 0 Å². The molecule has 118 valence electrons. The predicted octanol–water partition coefficient (Wildman–Crippen LogP) is 4.41. The van der Waals surface area contributed by atoms with Gasteiger partial charge in [-0.2, -0.15) is 17.9 Å². The number of nitrogens with zero attached hydrogens (tertiary/aromatic N) is 1. The van der Waals surface area contributed by atoms with Crippen LogP contribution in [0.2, 0.25) is 10.0 Å². The first-order valence-electron chi connectivity index (χ1n) is 7.32. The van der Waals surface area contributed by atoms with Crippen molar-refractivity contribution in [3.63, 3.8) is 0 Å². The molecule has 0 heterocycles. The summed E-state index contributed by atoms with van der Waals surface area (Å²) >= 11 is 16.8. The maximum absolute atomic E-state index is 12.3. The molecule has 22 heavy (non-hydrogen) atoms. The van der Waals surface area contributed by atoms with Crippen molar-refractivity contribution in [3.05, 3.63) is 33.8 Å². The zero-order valence-electron chi connectivity index (χ0n) is 12.1. The van der Waals surface area contributed by atoms with Gasteiger partial charge in [-0.25, -0.2) is 0 Å². The molecule has 1 aliphatic carbocycles. The van der Waals surface area contributed by atoms with E-state index in [1.165, 1.54) is 0 Å². The van der Waals surface area contributed by atoms with Gasteiger partial charge in [-0.15, -0.1) is 0 Å². The Morgan fingerprint density at radius 3 is 2.77 bits per heavy atom. The molecule has 1 saturated carbocycles. The minimum atomic E-state index is -0.112. The summed E-state index contributed by atoms with van der Waals surface area (Å²) in [5.74, 6) is -0.0302. The van der Waals surface area contributed by atoms with Gasteiger partial charge in [0, 0.05) is 11.2 Å². The second-order valence-electron chi connectivity index (χ2n) is 5.55. The Morgan fingerprint density at radius 2 is 2.09 bits per heavy atom. The number of amides is 1. The lowest BCUT2D eigenvalue weighted by Crippen LogP contribution is -2.38. The van der Waals surface area contributed by atoms with E-state index in [9.17, 15) is 4.79 Å². The average Bonchev–Trinajstić information content (AvgIpc) is 2.54. The molecule has 1 aromatic rings. The molecule has 0 radical (unpaired) electrons. The van der Waals surface area contributed by atoms with Crippen LogP contribution in [0.25, 0.3) is 0 Å². The predicted molar refractivity (Wildman–Crippen MR) is 92.3 cm³/mol. The van der Waals surface area contributed by atoms with Crippen LogP contribution in [0.15, 0.2) is 18.2 Å². The molecule has 1 unspecified atom stereocenters. The lowest BCUT2D eigenvalue weighted by Gasteiger charge is -2.34. The third kappa shape index (κ3) is 4.10. The second kappa shape index (κ2) is 8.10. The van der Waals surface area contributed by atoms with Crippen LogP contribution in [0.3, 0.4) is 0 Å². The van der Waals surface area contributed by atoms with E-state index in [2.05, 4.69) is 5.32 Å². The number of nitrogens with one attached hydrogen (secondary N) is 1. The molecule has 3 atom stereocenters. The van der Waals surface area contributed by atoms with Gasteiger partial charge in [-0.05, 0) is 36.5 Å². The molecule has 6 heteroatoms. The van der Waals surface area contributed by atoms with E-state index in [0.717, 1.165) is 31.2 Å². The van der Waals surface area contributed by atoms with Crippen LogP contribution in [0, 0.1) is 23.2 Å². The molecule has 1 N–H and O–H groups in total. The number of carbonyl (C=O) groups is 1. The van der Waals surface area contributed by atoms with Gasteiger partial charge in [0.05, 0.1) is 16.1 Å². The summed E-state index contributed by atoms with van der Waals surface area (Å²) < 4.78 is 0. The summed E-state index contributed by atoms with van der Waals surface area (Å²) in [6, 6.07) is 7.43. The lowest BCUT2D eigenvalue weighted by molar-refractivity contribution is -0.127. The molecule has 2 rings (SSSR count). The smallest absolute Gasteiger partial charge is 0.224 e. The van der Waals surface area contributed by atoms with Crippen LogP contribution in [0.1, 0.15) is 36.5 Å². The van der Waals surface area contributed by atoms with Crippen molar-refractivity contribution in [3.8, 4) is 6.07 Å². The van der Waals surface area contributed by atoms with Gasteiger partial charge < -0.3 is 5.32 Å². The van der Waals surface area contributed by atoms with Crippen LogP contribution >= 0.6 is 35.8 Å². The van der Waals surface area contributed by atoms with Crippen molar-refractivity contribution in [1.29, 1.82) is 5.26 Å². The quantitative estimate of drug-likeness (QED) is 0.619. The number of benzene rings is 1. The van der Waals surface area contributed by atoms with Crippen LogP contribution < -0.4 is 5.32 Å². The summed E-state index contributed by atoms with van der Waals surface area (Å²) in [6.07, 6.45) is 3.90. The zero-order chi connectivity index (χ0) is 16.1. The van der Waals surface area contributed by atoms with Crippen molar-refractivity contribution in [2.75, 3.05) is 6.54 Å². The van der Waals surface area contributed by atoms with E-state index in [4.69, 9.17) is 41.1 Å². The van der Waals surface area contributed by atoms with Crippen LogP contribution in [0.4, 0.5) is 0 Å². The number of thiol groups is 1. The van der Waals surface area contributed by atoms with Crippen molar-refractivity contribution < 1.29 is 4.79 Å². The Balaban J connectivity index is 2.17. The molecule has 1 fully saturated rings. The molecule has 1 amide bonds. The first-order valence-corrected chi connectivity index (χ1v) is 8.59. The van der Waals surface area contributed by atoms with E-state index in [-0.39, 0.29) is 29.5 Å². The van der Waals surface area contributed by atoms with E-state index in [1.54, 1.807) is 6.07 Å². The molecule has 1 aliphatic rings. The first-order chi connectivity index (χ1) is 10.5. The Bertz CT molecular complexity index is 588. The SMILES string of the molecule is N#CCNC(=O)[C@H]1CCCC[C@@H]1C(S)c1ccc(Cl)c(Cl)c1. The largest absolute Gasteiger partial charge is 0.343 e. The summed E-state index contributed by atoms with van der Waals surface area (Å²) in [5, 5.41) is 12.2. The van der Waals surface area contributed by atoms with Crippen LogP contribution in [-0.4, -0.2) is 12.5 Å². The van der Waals surface area contributed by atoms with E-state index in [1.807, 2.05) is 18.2 Å². The number of hydrogen-bond donors (Lipinski definition) is 2. The van der Waals surface area contributed by atoms with E-state index in [0.29, 0.717) is 10.0 Å². The molecule has 0 saturated heterocycles. The third-order valence-corrected chi connectivity index (χ3v) is 5.61. The summed E-state index contributed by atoms with van der Waals surface area (Å²) in [4.78, 5) is 12.3. The second-order valence-corrected chi connectivity index (χ2v) is 6.92. The van der Waals surface area contributed by atoms with E-state index >= 15 is 0 Å². The highest BCUT2D eigenvalue weighted by molar-refractivity contribution is 7.80. The number of nitriles is 1. The summed E-state index contributed by atoms with van der Waals surface area (Å²) in [7, 11) is 0. The highest BCUT2D eigenvalue weighted by Crippen LogP contribution is 2.43. The van der Waals surface area contributed by atoms with Crippen LogP contribution in [-0.2, 0) is 4.79 Å². The normalized spacial score (nSPS) is 22.6. The average molecular weight is 357 g/mol. The number of halogens is 2. The highest BCUT2D eigenvalue weighted by atomic mass is 35.5. The van der Waals surface area contributed by atoms with Gasteiger partial charge in [-0.3, -0.25) is 4.79 Å². The minimum Gasteiger partial charge on any atom is -0.343 e. The molecule has 0 aromatic heterocycles. The number of carbonyl (C=O) groups excluding carboxylic acids is 1. The number of rotatable bonds is 4. The Hall–Kier alpha value is -0.890. The molecule has 1 aromatic carbocycles. The number of hydrogen-bond acceptors (Lipinski definition) is 3. The summed E-state index contributed by atoms with van der Waals surface area (Å²) in [6.45, 7) is 0.0477. The fourth-order valence-corrected chi connectivity index (χ4v) is 3.89. The molecule has 3 nitrogen and oxygen atoms in total. The molecule has 0 aliphatic heterocycles. The first kappa shape index (κ1) is 17.5. The molecular weight excluding hydrogens is 339 g/mol. The van der Waals surface area contributed by atoms with Crippen molar-refractivity contribution in [2.24, 2.45) is 11.8 Å². The fourth-order valence-electron chi connectivity index (χ4n) is 3.06. The maximum Gasteiger partial charge on any atom is 0.224 e. The van der Waals surface area contributed by atoms with E-state index < -0.39 is 0 Å². The van der Waals surface area contributed by atoms with Crippen molar-refractivity contribution in [1.82, 2.24) is 5.32 Å². The summed E-state index contributed by atoms with van der Waals surface area (Å²) in [5.41, 5.74) is 0.975. The maximum atomic E-state index is 12.3. The topological polar surface area (TPSA) is 52.9 Å². The van der Waals surface area contributed by atoms with Gasteiger partial charge in [0.15, 0.2) is 0 Å². The fraction of sp³-hybridized carbons (Fsp3) is 0.500. The van der Waals surface area contributed by atoms with Crippen LogP contribution in [0.5, 0.6) is 0 Å². The zero-order valence-corrected chi connectivity index (χ0v) is 14.5. The van der Waals surface area contributed by atoms with Gasteiger partial charge in [0.1, 0.15) is 6.54 Å². The Morgan fingerprint density at radius 1 is 1.36 bits per heavy atom. The molecular formula is C16H18Cl2N2OS. The standard InChI is InChI=1S/C16H18Cl2N2OS/c17-13-6-5-10(9-14(13)18)15(22)11-3-1-2-4-12(11)16(21)20-8-7-19/h5-6,9,11-12,15,22H,1-4,8H2,(H,20,21)/t11-,12-,15?/m0/s1. The van der Waals surface area contributed by atoms with Crippen molar-refractivity contribution >= 4 is 41.7 Å². The Kier molecular flexibility index (Phi) is 6.43. The Labute approximate surface area is 146 Å².